The van der Waals surface area contributed by atoms with Crippen LogP contribution in [0, 0.1) is 18.3 Å². The molecular formula is C15H14N4O. The van der Waals surface area contributed by atoms with E-state index in [1.54, 1.807) is 0 Å². The molecule has 0 aliphatic rings. The van der Waals surface area contributed by atoms with E-state index in [0.29, 0.717) is 18.1 Å². The van der Waals surface area contributed by atoms with Crippen LogP contribution in [0.15, 0.2) is 34.9 Å². The second-order valence-electron chi connectivity index (χ2n) is 4.73. The van der Waals surface area contributed by atoms with Gasteiger partial charge in [-0.3, -0.25) is 0 Å². The molecule has 5 nitrogen and oxygen atoms in total. The number of fused-ring (bicyclic) bond motifs is 1. The van der Waals surface area contributed by atoms with E-state index in [2.05, 4.69) is 16.4 Å². The lowest BCUT2D eigenvalue weighted by Gasteiger charge is -2.04. The van der Waals surface area contributed by atoms with Gasteiger partial charge in [0.05, 0.1) is 0 Å². The van der Waals surface area contributed by atoms with E-state index < -0.39 is 0 Å². The molecule has 0 saturated heterocycles. The van der Waals surface area contributed by atoms with Crippen molar-refractivity contribution in [3.63, 3.8) is 0 Å². The summed E-state index contributed by atoms with van der Waals surface area (Å²) in [5.74, 6) is 0.666. The first-order valence-electron chi connectivity index (χ1n) is 6.32. The van der Waals surface area contributed by atoms with E-state index in [1.165, 1.54) is 0 Å². The molecule has 0 aliphatic carbocycles. The quantitative estimate of drug-likeness (QED) is 0.791. The maximum Gasteiger partial charge on any atom is 0.192 e. The first-order chi connectivity index (χ1) is 9.65. The Morgan fingerprint density at radius 3 is 3.00 bits per heavy atom. The summed E-state index contributed by atoms with van der Waals surface area (Å²) in [5, 5.41) is 12.3. The topological polar surface area (TPSA) is 66.8 Å². The molecule has 1 N–H and O–H groups in total. The summed E-state index contributed by atoms with van der Waals surface area (Å²) in [5.41, 5.74) is 4.34. The van der Waals surface area contributed by atoms with Crippen molar-refractivity contribution in [1.82, 2.24) is 9.55 Å². The minimum absolute atomic E-state index is 0.657. The Morgan fingerprint density at radius 2 is 2.25 bits per heavy atom. The van der Waals surface area contributed by atoms with Crippen LogP contribution in [0.25, 0.3) is 11.1 Å². The molecule has 0 atom stereocenters. The number of aryl methyl sites for hydroxylation is 2. The number of nitriles is 1. The lowest BCUT2D eigenvalue weighted by atomic mass is 10.2. The minimum atomic E-state index is 0.657. The van der Waals surface area contributed by atoms with Crippen LogP contribution in [0.5, 0.6) is 0 Å². The van der Waals surface area contributed by atoms with E-state index in [9.17, 15) is 0 Å². The van der Waals surface area contributed by atoms with Crippen LogP contribution >= 0.6 is 0 Å². The van der Waals surface area contributed by atoms with Crippen molar-refractivity contribution in [2.75, 3.05) is 5.32 Å². The molecule has 3 rings (SSSR count). The molecule has 1 aromatic carbocycles. The van der Waals surface area contributed by atoms with E-state index in [1.807, 2.05) is 49.0 Å². The van der Waals surface area contributed by atoms with Crippen molar-refractivity contribution in [1.29, 1.82) is 5.26 Å². The summed E-state index contributed by atoms with van der Waals surface area (Å²) < 4.78 is 7.26. The Balaban J connectivity index is 1.77. The lowest BCUT2D eigenvalue weighted by molar-refractivity contribution is 0.561. The molecule has 0 fully saturated rings. The second-order valence-corrected chi connectivity index (χ2v) is 4.73. The first-order valence-corrected chi connectivity index (χ1v) is 6.32. The van der Waals surface area contributed by atoms with Crippen LogP contribution in [0.3, 0.4) is 0 Å². The van der Waals surface area contributed by atoms with Crippen molar-refractivity contribution in [2.45, 2.75) is 13.5 Å². The molecule has 0 amide bonds. The Hall–Kier alpha value is -2.74. The van der Waals surface area contributed by atoms with Gasteiger partial charge in [0.15, 0.2) is 11.5 Å². The summed E-state index contributed by atoms with van der Waals surface area (Å²) in [4.78, 5) is 4.31. The highest BCUT2D eigenvalue weighted by molar-refractivity contribution is 5.77. The SMILES string of the molecule is Cc1nc2cc(NCc3cc(C#N)n(C)c3)ccc2o1. The molecule has 0 saturated carbocycles. The third-order valence-electron chi connectivity index (χ3n) is 3.17. The van der Waals surface area contributed by atoms with Crippen LogP contribution in [0.1, 0.15) is 17.1 Å². The maximum atomic E-state index is 8.93. The molecule has 0 radical (unpaired) electrons. The zero-order valence-corrected chi connectivity index (χ0v) is 11.3. The van der Waals surface area contributed by atoms with Gasteiger partial charge in [-0.1, -0.05) is 0 Å². The molecule has 100 valence electrons. The number of benzene rings is 1. The second kappa shape index (κ2) is 4.74. The fourth-order valence-electron chi connectivity index (χ4n) is 2.20. The summed E-state index contributed by atoms with van der Waals surface area (Å²) in [7, 11) is 1.87. The fourth-order valence-corrected chi connectivity index (χ4v) is 2.20. The van der Waals surface area contributed by atoms with Crippen molar-refractivity contribution in [3.05, 3.63) is 47.6 Å². The van der Waals surface area contributed by atoms with Crippen LogP contribution in [0.4, 0.5) is 5.69 Å². The van der Waals surface area contributed by atoms with Crippen LogP contribution in [0.2, 0.25) is 0 Å². The zero-order chi connectivity index (χ0) is 14.1. The van der Waals surface area contributed by atoms with E-state index >= 15 is 0 Å². The summed E-state index contributed by atoms with van der Waals surface area (Å²) in [6.45, 7) is 2.50. The third kappa shape index (κ3) is 2.24. The van der Waals surface area contributed by atoms with Crippen LogP contribution in [-0.4, -0.2) is 9.55 Å². The van der Waals surface area contributed by atoms with Gasteiger partial charge in [-0.2, -0.15) is 5.26 Å². The highest BCUT2D eigenvalue weighted by atomic mass is 16.3. The zero-order valence-electron chi connectivity index (χ0n) is 11.3. The summed E-state index contributed by atoms with van der Waals surface area (Å²) in [6, 6.07) is 9.86. The molecule has 0 bridgehead atoms. The van der Waals surface area contributed by atoms with Crippen molar-refractivity contribution in [3.8, 4) is 6.07 Å². The monoisotopic (exact) mass is 266 g/mol. The summed E-state index contributed by atoms with van der Waals surface area (Å²) in [6.07, 6.45) is 1.95. The van der Waals surface area contributed by atoms with Gasteiger partial charge in [-0.15, -0.1) is 0 Å². The van der Waals surface area contributed by atoms with Gasteiger partial charge < -0.3 is 14.3 Å². The van der Waals surface area contributed by atoms with Gasteiger partial charge in [0.2, 0.25) is 0 Å². The molecule has 2 aromatic heterocycles. The van der Waals surface area contributed by atoms with Crippen LogP contribution < -0.4 is 5.32 Å². The van der Waals surface area contributed by atoms with E-state index in [0.717, 1.165) is 22.4 Å². The van der Waals surface area contributed by atoms with E-state index in [-0.39, 0.29) is 0 Å². The lowest BCUT2D eigenvalue weighted by Crippen LogP contribution is -1.98. The van der Waals surface area contributed by atoms with Crippen molar-refractivity contribution in [2.24, 2.45) is 7.05 Å². The predicted octanol–water partition coefficient (Wildman–Crippen LogP) is 2.96. The maximum absolute atomic E-state index is 8.93. The number of rotatable bonds is 3. The molecule has 2 heterocycles. The molecule has 3 aromatic rings. The molecule has 5 heteroatoms. The Morgan fingerprint density at radius 1 is 1.40 bits per heavy atom. The summed E-state index contributed by atoms with van der Waals surface area (Å²) >= 11 is 0. The normalized spacial score (nSPS) is 10.7. The average molecular weight is 266 g/mol. The Bertz CT molecular complexity index is 807. The molecule has 0 unspecified atom stereocenters. The number of hydrogen-bond donors (Lipinski definition) is 1. The third-order valence-corrected chi connectivity index (χ3v) is 3.17. The molecular weight excluding hydrogens is 252 g/mol. The van der Waals surface area contributed by atoms with E-state index in [4.69, 9.17) is 9.68 Å². The first kappa shape index (κ1) is 12.3. The van der Waals surface area contributed by atoms with Gasteiger partial charge in [-0.05, 0) is 29.8 Å². The highest BCUT2D eigenvalue weighted by Crippen LogP contribution is 2.20. The number of aromatic nitrogens is 2. The standard InChI is InChI=1S/C15H14N4O/c1-10-18-14-6-12(3-4-15(14)20-10)17-8-11-5-13(7-16)19(2)9-11/h3-6,9,17H,8H2,1-2H3. The van der Waals surface area contributed by atoms with Gasteiger partial charge >= 0.3 is 0 Å². The van der Waals surface area contributed by atoms with Crippen molar-refractivity contribution < 1.29 is 4.42 Å². The highest BCUT2D eigenvalue weighted by Gasteiger charge is 2.05. The van der Waals surface area contributed by atoms with Crippen molar-refractivity contribution >= 4 is 16.8 Å². The van der Waals surface area contributed by atoms with Gasteiger partial charge in [0, 0.05) is 32.4 Å². The van der Waals surface area contributed by atoms with Gasteiger partial charge in [0.25, 0.3) is 0 Å². The Kier molecular flexibility index (Phi) is 2.92. The number of oxazole rings is 1. The number of anilines is 1. The number of hydrogen-bond acceptors (Lipinski definition) is 4. The van der Waals surface area contributed by atoms with Crippen LogP contribution in [-0.2, 0) is 13.6 Å². The molecule has 0 aliphatic heterocycles. The largest absolute Gasteiger partial charge is 0.441 e. The Labute approximate surface area is 116 Å². The van der Waals surface area contributed by atoms with Gasteiger partial charge in [-0.25, -0.2) is 4.98 Å². The number of nitrogens with one attached hydrogen (secondary N) is 1. The minimum Gasteiger partial charge on any atom is -0.441 e. The molecule has 20 heavy (non-hydrogen) atoms. The predicted molar refractivity (Wildman–Crippen MR) is 76.2 cm³/mol. The van der Waals surface area contributed by atoms with Gasteiger partial charge in [0.1, 0.15) is 17.3 Å². The molecule has 0 spiro atoms. The average Bonchev–Trinajstić information content (AvgIpc) is 2.97. The number of nitrogens with zero attached hydrogens (tertiary/aromatic N) is 3. The fraction of sp³-hybridized carbons (Fsp3) is 0.200. The smallest absolute Gasteiger partial charge is 0.192 e.